The molecule has 4 rings (SSSR count). The van der Waals surface area contributed by atoms with E-state index in [9.17, 15) is 9.59 Å². The second kappa shape index (κ2) is 12.8. The summed E-state index contributed by atoms with van der Waals surface area (Å²) in [7, 11) is 0.798. The Balaban J connectivity index is 0.000000459. The van der Waals surface area contributed by atoms with E-state index in [1.807, 2.05) is 31.2 Å². The van der Waals surface area contributed by atoms with Gasteiger partial charge in [-0.15, -0.1) is 11.6 Å². The molecule has 0 aliphatic carbocycles. The molecule has 1 N–H and O–H groups in total. The summed E-state index contributed by atoms with van der Waals surface area (Å²) in [5.41, 5.74) is 2.53. The number of ether oxygens (including phenoxy) is 1. The van der Waals surface area contributed by atoms with E-state index >= 15 is 0 Å². The molecule has 0 bridgehead atoms. The van der Waals surface area contributed by atoms with Gasteiger partial charge in [0.2, 0.25) is 11.8 Å². The second-order valence-electron chi connectivity index (χ2n) is 11.4. The third kappa shape index (κ3) is 6.41. The molecule has 1 spiro atoms. The molecule has 4 atom stereocenters. The Morgan fingerprint density at radius 1 is 1.18 bits per heavy atom. The van der Waals surface area contributed by atoms with E-state index in [1.165, 1.54) is 0 Å². The third-order valence-electron chi connectivity index (χ3n) is 7.87. The van der Waals surface area contributed by atoms with Crippen molar-refractivity contribution in [3.05, 3.63) is 75.8 Å². The zero-order valence-corrected chi connectivity index (χ0v) is 26.9. The molecule has 5 nitrogen and oxygen atoms in total. The Morgan fingerprint density at radius 2 is 1.85 bits per heavy atom. The zero-order chi connectivity index (χ0) is 29.1. The number of nitrogens with zero attached hydrogens (tertiary/aromatic N) is 1. The van der Waals surface area contributed by atoms with Crippen molar-refractivity contribution in [3.63, 3.8) is 0 Å². The molecule has 2 aromatic rings. The first-order valence-electron chi connectivity index (χ1n) is 13.2. The average Bonchev–Trinajstić information content (AvgIpc) is 3.14. The average molecular weight is 610 g/mol. The van der Waals surface area contributed by atoms with Crippen molar-refractivity contribution in [3.8, 4) is 0 Å². The number of piperidine rings is 1. The van der Waals surface area contributed by atoms with Gasteiger partial charge in [-0.25, -0.2) is 0 Å². The van der Waals surface area contributed by atoms with E-state index in [0.29, 0.717) is 40.3 Å². The molecule has 39 heavy (non-hydrogen) atoms. The predicted molar refractivity (Wildman–Crippen MR) is 166 cm³/mol. The van der Waals surface area contributed by atoms with Crippen LogP contribution in [0.1, 0.15) is 43.7 Å². The third-order valence-corrected chi connectivity index (χ3v) is 11.3. The summed E-state index contributed by atoms with van der Waals surface area (Å²) in [5.74, 6) is -0.166. The molecule has 2 amide bonds. The number of hydrogen-bond donors (Lipinski definition) is 1. The summed E-state index contributed by atoms with van der Waals surface area (Å²) in [5, 5.41) is 4.12. The summed E-state index contributed by atoms with van der Waals surface area (Å²) in [4.78, 5) is 29.0. The Morgan fingerprint density at radius 3 is 2.38 bits per heavy atom. The molecule has 2 aliphatic rings. The van der Waals surface area contributed by atoms with Crippen molar-refractivity contribution in [2.24, 2.45) is 0 Å². The van der Waals surface area contributed by atoms with Crippen LogP contribution in [0.5, 0.6) is 0 Å². The highest BCUT2D eigenvalue weighted by molar-refractivity contribution is 6.77. The highest BCUT2D eigenvalue weighted by atomic mass is 35.5. The number of amides is 2. The van der Waals surface area contributed by atoms with Gasteiger partial charge in [0.25, 0.3) is 0 Å². The van der Waals surface area contributed by atoms with Gasteiger partial charge in [0, 0.05) is 53.3 Å². The van der Waals surface area contributed by atoms with Gasteiger partial charge in [-0.2, -0.15) is 0 Å². The lowest BCUT2D eigenvalue weighted by Gasteiger charge is -2.51. The van der Waals surface area contributed by atoms with Gasteiger partial charge in [-0.3, -0.25) is 9.59 Å². The van der Waals surface area contributed by atoms with Crippen LogP contribution < -0.4 is 5.32 Å². The highest BCUT2D eigenvalue weighted by Gasteiger charge is 2.63. The maximum atomic E-state index is 13.8. The molecule has 1 saturated heterocycles. The minimum absolute atomic E-state index is 0.0241. The van der Waals surface area contributed by atoms with Crippen LogP contribution in [-0.2, 0) is 19.7 Å². The molecule has 0 aromatic heterocycles. The van der Waals surface area contributed by atoms with Crippen LogP contribution in [0.25, 0.3) is 0 Å². The lowest BCUT2D eigenvalue weighted by Crippen LogP contribution is -2.63. The predicted octanol–water partition coefficient (Wildman–Crippen LogP) is 7.67. The Hall–Kier alpha value is -1.83. The Kier molecular flexibility index (Phi) is 10.4. The van der Waals surface area contributed by atoms with Gasteiger partial charge >= 0.3 is 0 Å². The zero-order valence-electron chi connectivity index (χ0n) is 23.6. The lowest BCUT2D eigenvalue weighted by molar-refractivity contribution is -0.143. The number of hydrogen-bond acceptors (Lipinski definition) is 3. The van der Waals surface area contributed by atoms with Gasteiger partial charge in [-0.1, -0.05) is 73.2 Å². The summed E-state index contributed by atoms with van der Waals surface area (Å²) in [6, 6.07) is 12.3. The van der Waals surface area contributed by atoms with Crippen LogP contribution in [0.2, 0.25) is 29.7 Å². The fourth-order valence-corrected chi connectivity index (χ4v) is 6.77. The number of carbonyl (C=O) groups is 2. The topological polar surface area (TPSA) is 58.6 Å². The van der Waals surface area contributed by atoms with Crippen LogP contribution in [-0.4, -0.2) is 56.1 Å². The number of likely N-dealkylation sites (tertiary alicyclic amines) is 1. The standard InChI is InChI=1S/C24H23Cl3N2O2.C6H16OSi/c1-14(2)22-24(18-8-7-17(27)12-20(18)28-23(24)31)19(15-5-3-6-16(26)11-15)13-21(30)29(22)10-4-9-25;1-6(7-2)8(3,4)5/h3,5-8,11-12,19,22H,1,4,9-10,13H2,2H3,(H,28,31);6H,1-5H3/t19-,22+,24-;/m0./s1. The number of halogens is 3. The fraction of sp³-hybridized carbons (Fsp3) is 0.467. The number of alkyl halides is 1. The van der Waals surface area contributed by atoms with Gasteiger partial charge in [0.1, 0.15) is 5.41 Å². The first kappa shape index (κ1) is 31.7. The number of fused-ring (bicyclic) bond motifs is 2. The van der Waals surface area contributed by atoms with E-state index in [-0.39, 0.29) is 18.2 Å². The molecular weight excluding hydrogens is 571 g/mol. The van der Waals surface area contributed by atoms with Gasteiger partial charge < -0.3 is 15.0 Å². The second-order valence-corrected chi connectivity index (χ2v) is 18.2. The molecule has 9 heteroatoms. The normalized spacial score (nSPS) is 23.2. The SMILES string of the molecule is C=C(C)[C@H]1N(CCCCl)C(=O)C[C@@H](c2cccc(Cl)c2)[C@]12C(=O)Nc1cc(Cl)ccc12.COC(C)[Si](C)(C)C. The number of carbonyl (C=O) groups excluding carboxylic acids is 2. The number of methoxy groups -OCH3 is 1. The number of benzene rings is 2. The largest absolute Gasteiger partial charge is 0.385 e. The van der Waals surface area contributed by atoms with Gasteiger partial charge in [0.05, 0.1) is 14.1 Å². The van der Waals surface area contributed by atoms with Crippen molar-refractivity contribution in [1.29, 1.82) is 0 Å². The summed E-state index contributed by atoms with van der Waals surface area (Å²) in [6.07, 6.45) is 0.811. The number of rotatable bonds is 7. The highest BCUT2D eigenvalue weighted by Crippen LogP contribution is 2.56. The van der Waals surface area contributed by atoms with E-state index in [1.54, 1.807) is 30.2 Å². The maximum absolute atomic E-state index is 13.8. The summed E-state index contributed by atoms with van der Waals surface area (Å²) < 4.78 is 5.18. The van der Waals surface area contributed by atoms with Crippen LogP contribution in [0, 0.1) is 0 Å². The molecule has 0 radical (unpaired) electrons. The van der Waals surface area contributed by atoms with E-state index < -0.39 is 25.4 Å². The smallest absolute Gasteiger partial charge is 0.238 e. The Labute approximate surface area is 248 Å². The Bertz CT molecular complexity index is 1230. The molecule has 1 fully saturated rings. The summed E-state index contributed by atoms with van der Waals surface area (Å²) in [6.45, 7) is 15.6. The molecular formula is C30H39Cl3N2O3Si. The van der Waals surface area contributed by atoms with Crippen LogP contribution >= 0.6 is 34.8 Å². The van der Waals surface area contributed by atoms with Crippen LogP contribution in [0.3, 0.4) is 0 Å². The van der Waals surface area contributed by atoms with E-state index in [2.05, 4.69) is 38.5 Å². The van der Waals surface area contributed by atoms with Crippen LogP contribution in [0.4, 0.5) is 5.69 Å². The van der Waals surface area contributed by atoms with Gasteiger partial charge in [0.15, 0.2) is 0 Å². The van der Waals surface area contributed by atoms with E-state index in [0.717, 1.165) is 16.7 Å². The van der Waals surface area contributed by atoms with Crippen molar-refractivity contribution >= 4 is 60.4 Å². The maximum Gasteiger partial charge on any atom is 0.238 e. The first-order valence-corrected chi connectivity index (χ1v) is 18.1. The lowest BCUT2D eigenvalue weighted by atomic mass is 9.58. The van der Waals surface area contributed by atoms with Crippen molar-refractivity contribution in [2.75, 3.05) is 24.9 Å². The number of nitrogens with one attached hydrogen (secondary N) is 1. The monoisotopic (exact) mass is 608 g/mol. The molecule has 2 aromatic carbocycles. The number of anilines is 1. The molecule has 2 aliphatic heterocycles. The van der Waals surface area contributed by atoms with E-state index in [4.69, 9.17) is 39.5 Å². The minimum Gasteiger partial charge on any atom is -0.385 e. The summed E-state index contributed by atoms with van der Waals surface area (Å²) >= 11 is 18.5. The van der Waals surface area contributed by atoms with Crippen molar-refractivity contribution < 1.29 is 14.3 Å². The van der Waals surface area contributed by atoms with Crippen molar-refractivity contribution in [2.45, 2.75) is 69.4 Å². The molecule has 1 unspecified atom stereocenters. The van der Waals surface area contributed by atoms with Crippen molar-refractivity contribution in [1.82, 2.24) is 4.90 Å². The first-order chi connectivity index (χ1) is 18.3. The molecule has 212 valence electrons. The molecule has 0 saturated carbocycles. The molecule has 2 heterocycles. The van der Waals surface area contributed by atoms with Crippen LogP contribution in [0.15, 0.2) is 54.6 Å². The quantitative estimate of drug-likeness (QED) is 0.199. The fourth-order valence-electron chi connectivity index (χ4n) is 5.58. The minimum atomic E-state index is -1.04. The van der Waals surface area contributed by atoms with Gasteiger partial charge in [-0.05, 0) is 55.7 Å².